The van der Waals surface area contributed by atoms with E-state index >= 15 is 0 Å². The maximum atomic E-state index is 12.0. The molecule has 0 radical (unpaired) electrons. The fourth-order valence-corrected chi connectivity index (χ4v) is 2.97. The fourth-order valence-electron chi connectivity index (χ4n) is 2.97. The molecule has 0 bridgehead atoms. The van der Waals surface area contributed by atoms with Crippen molar-refractivity contribution < 1.29 is 9.53 Å². The van der Waals surface area contributed by atoms with Gasteiger partial charge in [0.25, 0.3) is 0 Å². The van der Waals surface area contributed by atoms with Gasteiger partial charge in [0.1, 0.15) is 0 Å². The Morgan fingerprint density at radius 2 is 2.05 bits per heavy atom. The van der Waals surface area contributed by atoms with E-state index in [0.717, 1.165) is 64.8 Å². The molecule has 5 nitrogen and oxygen atoms in total. The van der Waals surface area contributed by atoms with Crippen LogP contribution in [0.25, 0.3) is 0 Å². The van der Waals surface area contributed by atoms with Gasteiger partial charge in [0, 0.05) is 38.2 Å². The maximum absolute atomic E-state index is 12.0. The zero-order valence-electron chi connectivity index (χ0n) is 12.6. The third-order valence-electron chi connectivity index (χ3n) is 4.33. The van der Waals surface area contributed by atoms with Crippen molar-refractivity contribution in [1.82, 2.24) is 10.2 Å². The molecule has 2 aliphatic rings. The van der Waals surface area contributed by atoms with E-state index in [1.807, 2.05) is 0 Å². The topological polar surface area (TPSA) is 67.6 Å². The normalized spacial score (nSPS) is 22.0. The van der Waals surface area contributed by atoms with Crippen molar-refractivity contribution in [2.24, 2.45) is 11.7 Å². The smallest absolute Gasteiger partial charge is 0.225 e. The summed E-state index contributed by atoms with van der Waals surface area (Å²) in [6.07, 6.45) is 6.41. The summed E-state index contributed by atoms with van der Waals surface area (Å²) in [6, 6.07) is 0.899. The van der Waals surface area contributed by atoms with Crippen molar-refractivity contribution >= 4 is 5.91 Å². The second kappa shape index (κ2) is 7.96. The van der Waals surface area contributed by atoms with Crippen molar-refractivity contribution in [3.8, 4) is 0 Å². The highest BCUT2D eigenvalue weighted by atomic mass is 16.5. The van der Waals surface area contributed by atoms with E-state index in [0.29, 0.717) is 23.9 Å². The van der Waals surface area contributed by atoms with Crippen LogP contribution in [0.1, 0.15) is 38.5 Å². The lowest BCUT2D eigenvalue weighted by Crippen LogP contribution is -2.49. The van der Waals surface area contributed by atoms with E-state index in [9.17, 15) is 4.79 Å². The second-order valence-electron chi connectivity index (χ2n) is 6.12. The average molecular weight is 283 g/mol. The summed E-state index contributed by atoms with van der Waals surface area (Å²) in [5, 5.41) is 3.68. The molecule has 20 heavy (non-hydrogen) atoms. The molecule has 0 aromatic carbocycles. The maximum Gasteiger partial charge on any atom is 0.225 e. The first kappa shape index (κ1) is 15.7. The quantitative estimate of drug-likeness (QED) is 0.689. The van der Waals surface area contributed by atoms with Crippen LogP contribution >= 0.6 is 0 Å². The predicted molar refractivity (Wildman–Crippen MR) is 79.4 cm³/mol. The molecule has 0 aromatic rings. The number of methoxy groups -OCH3 is 1. The number of carbonyl (C=O) groups is 1. The Morgan fingerprint density at radius 1 is 1.35 bits per heavy atom. The Morgan fingerprint density at radius 3 is 2.60 bits per heavy atom. The minimum absolute atomic E-state index is 0.352. The van der Waals surface area contributed by atoms with Crippen molar-refractivity contribution in [3.63, 3.8) is 0 Å². The molecule has 0 spiro atoms. The van der Waals surface area contributed by atoms with E-state index in [-0.39, 0.29) is 0 Å². The highest BCUT2D eigenvalue weighted by Crippen LogP contribution is 2.31. The first-order valence-electron chi connectivity index (χ1n) is 7.98. The van der Waals surface area contributed by atoms with Gasteiger partial charge in [-0.1, -0.05) is 0 Å². The van der Waals surface area contributed by atoms with Gasteiger partial charge in [-0.2, -0.15) is 0 Å². The van der Waals surface area contributed by atoms with Crippen molar-refractivity contribution in [2.45, 2.75) is 50.6 Å². The average Bonchev–Trinajstić information content (AvgIpc) is 3.30. The Balaban J connectivity index is 1.70. The number of hydrogen-bond acceptors (Lipinski definition) is 4. The Labute approximate surface area is 122 Å². The number of nitrogens with two attached hydrogens (primary N) is 1. The third-order valence-corrected chi connectivity index (χ3v) is 4.33. The summed E-state index contributed by atoms with van der Waals surface area (Å²) >= 11 is 0. The van der Waals surface area contributed by atoms with E-state index in [4.69, 9.17) is 10.5 Å². The molecule has 0 aromatic heterocycles. The summed E-state index contributed by atoms with van der Waals surface area (Å²) in [5.41, 5.74) is 5.58. The summed E-state index contributed by atoms with van der Waals surface area (Å²) < 4.78 is 5.27. The molecular formula is C15H29N3O2. The largest absolute Gasteiger partial charge is 0.383 e. The first-order chi connectivity index (χ1) is 9.74. The van der Waals surface area contributed by atoms with Crippen LogP contribution in [0, 0.1) is 5.92 Å². The lowest BCUT2D eigenvalue weighted by atomic mass is 10.0. The monoisotopic (exact) mass is 283 g/mol. The van der Waals surface area contributed by atoms with Gasteiger partial charge in [0.2, 0.25) is 5.91 Å². The molecular weight excluding hydrogens is 254 g/mol. The van der Waals surface area contributed by atoms with E-state index < -0.39 is 0 Å². The summed E-state index contributed by atoms with van der Waals surface area (Å²) in [5.74, 6) is 0.741. The summed E-state index contributed by atoms with van der Waals surface area (Å²) in [4.78, 5) is 14.1. The molecule has 3 N–H and O–H groups in total. The van der Waals surface area contributed by atoms with Crippen LogP contribution in [-0.2, 0) is 9.53 Å². The van der Waals surface area contributed by atoms with E-state index in [1.165, 1.54) is 0 Å². The zero-order chi connectivity index (χ0) is 14.4. The Bertz CT molecular complexity index is 299. The highest BCUT2D eigenvalue weighted by molar-refractivity contribution is 5.81. The molecule has 116 valence electrons. The van der Waals surface area contributed by atoms with Gasteiger partial charge in [0.15, 0.2) is 0 Å². The van der Waals surface area contributed by atoms with E-state index in [2.05, 4.69) is 10.2 Å². The van der Waals surface area contributed by atoms with Crippen molar-refractivity contribution in [2.75, 3.05) is 33.4 Å². The number of nitrogens with zero attached hydrogens (tertiary/aromatic N) is 1. The molecule has 2 fully saturated rings. The molecule has 1 saturated carbocycles. The number of amides is 1. The molecule has 1 heterocycles. The number of likely N-dealkylation sites (tertiary alicyclic amines) is 1. The number of piperidine rings is 1. The van der Waals surface area contributed by atoms with Gasteiger partial charge < -0.3 is 20.7 Å². The predicted octanol–water partition coefficient (Wildman–Crippen LogP) is 0.731. The number of hydrogen-bond donors (Lipinski definition) is 2. The number of nitrogens with one attached hydrogen (secondary N) is 1. The summed E-state index contributed by atoms with van der Waals surface area (Å²) in [7, 11) is 1.74. The Hall–Kier alpha value is -0.650. The molecule has 1 atom stereocenters. The standard InChI is InChI=1S/C15H29N3O2/c1-20-11-14(3-2-8-16)17-13-6-9-18(10-7-13)15(19)12-4-5-12/h12-14,17H,2-11,16H2,1H3. The molecule has 2 rings (SSSR count). The van der Waals surface area contributed by atoms with Crippen LogP contribution in [-0.4, -0.2) is 56.2 Å². The van der Waals surface area contributed by atoms with Crippen LogP contribution in [0.3, 0.4) is 0 Å². The van der Waals surface area contributed by atoms with Crippen LogP contribution in [0.2, 0.25) is 0 Å². The van der Waals surface area contributed by atoms with Crippen LogP contribution < -0.4 is 11.1 Å². The second-order valence-corrected chi connectivity index (χ2v) is 6.12. The van der Waals surface area contributed by atoms with Gasteiger partial charge in [-0.15, -0.1) is 0 Å². The minimum atomic E-state index is 0.352. The van der Waals surface area contributed by atoms with Gasteiger partial charge in [-0.25, -0.2) is 0 Å². The van der Waals surface area contributed by atoms with Crippen molar-refractivity contribution in [1.29, 1.82) is 0 Å². The molecule has 5 heteroatoms. The van der Waals surface area contributed by atoms with Crippen LogP contribution in [0.5, 0.6) is 0 Å². The zero-order valence-corrected chi connectivity index (χ0v) is 12.6. The summed E-state index contributed by atoms with van der Waals surface area (Å²) in [6.45, 7) is 3.28. The molecule has 1 saturated heterocycles. The number of rotatable bonds is 8. The SMILES string of the molecule is COCC(CCCN)NC1CCN(C(=O)C2CC2)CC1. The first-order valence-corrected chi connectivity index (χ1v) is 7.98. The lowest BCUT2D eigenvalue weighted by molar-refractivity contribution is -0.133. The molecule has 1 aliphatic heterocycles. The lowest BCUT2D eigenvalue weighted by Gasteiger charge is -2.34. The third kappa shape index (κ3) is 4.72. The molecule has 1 amide bonds. The Kier molecular flexibility index (Phi) is 6.26. The van der Waals surface area contributed by atoms with Gasteiger partial charge in [0.05, 0.1) is 6.61 Å². The van der Waals surface area contributed by atoms with Crippen LogP contribution in [0.4, 0.5) is 0 Å². The molecule has 1 unspecified atom stereocenters. The van der Waals surface area contributed by atoms with Gasteiger partial charge >= 0.3 is 0 Å². The highest BCUT2D eigenvalue weighted by Gasteiger charge is 2.35. The number of carbonyl (C=O) groups excluding carboxylic acids is 1. The van der Waals surface area contributed by atoms with Crippen LogP contribution in [0.15, 0.2) is 0 Å². The van der Waals surface area contributed by atoms with Gasteiger partial charge in [-0.05, 0) is 45.1 Å². The van der Waals surface area contributed by atoms with E-state index in [1.54, 1.807) is 7.11 Å². The van der Waals surface area contributed by atoms with Gasteiger partial charge in [-0.3, -0.25) is 4.79 Å². The number of ether oxygens (including phenoxy) is 1. The fraction of sp³-hybridized carbons (Fsp3) is 0.933. The van der Waals surface area contributed by atoms with Crippen molar-refractivity contribution in [3.05, 3.63) is 0 Å². The minimum Gasteiger partial charge on any atom is -0.383 e. The molecule has 1 aliphatic carbocycles.